The second-order valence-electron chi connectivity index (χ2n) is 11.1. The first-order chi connectivity index (χ1) is 20.9. The Labute approximate surface area is 252 Å². The molecule has 0 saturated carbocycles. The van der Waals surface area contributed by atoms with Crippen LogP contribution in [0.15, 0.2) is 51.3 Å². The van der Waals surface area contributed by atoms with Gasteiger partial charge in [0.25, 0.3) is 0 Å². The number of piperazine rings is 1. The number of nitrogen functional groups attached to an aromatic ring is 2. The summed E-state index contributed by atoms with van der Waals surface area (Å²) in [5.41, 5.74) is 16.3. The van der Waals surface area contributed by atoms with Crippen LogP contribution in [0.25, 0.3) is 44.1 Å². The van der Waals surface area contributed by atoms with E-state index in [4.69, 9.17) is 31.9 Å². The zero-order chi connectivity index (χ0) is 29.7. The number of rotatable bonds is 3. The zero-order valence-electron chi connectivity index (χ0n) is 24.0. The van der Waals surface area contributed by atoms with Crippen LogP contribution in [0, 0.1) is 0 Å². The van der Waals surface area contributed by atoms with Gasteiger partial charge in [-0.2, -0.15) is 9.97 Å². The summed E-state index contributed by atoms with van der Waals surface area (Å²) in [7, 11) is 4.20. The lowest BCUT2D eigenvalue weighted by Crippen LogP contribution is -2.44. The number of likely N-dealkylation sites (N-methyl/N-ethyl adjacent to an activating group) is 1. The molecule has 2 aliphatic heterocycles. The van der Waals surface area contributed by atoms with Crippen LogP contribution in [0.3, 0.4) is 0 Å². The van der Waals surface area contributed by atoms with Crippen LogP contribution in [0.1, 0.15) is 6.42 Å². The Morgan fingerprint density at radius 3 is 2.12 bits per heavy atom. The molecule has 0 spiro atoms. The summed E-state index contributed by atoms with van der Waals surface area (Å²) < 4.78 is 12.0. The number of hydrogen-bond acceptors (Lipinski definition) is 12. The SMILES string of the molecule is CN(C)[C@@H]1CCN(c2nc(N)nc3c2oc2ccc(Cl)cc23)C1.Nc1nc(N2CCNCC2)c2oc3ccccc3c2n1. The second-order valence-corrected chi connectivity index (χ2v) is 11.5. The van der Waals surface area contributed by atoms with E-state index in [1.165, 1.54) is 0 Å². The van der Waals surface area contributed by atoms with E-state index in [1.54, 1.807) is 6.07 Å². The lowest BCUT2D eigenvalue weighted by molar-refractivity contribution is 0.315. The Morgan fingerprint density at radius 2 is 1.44 bits per heavy atom. The number of halogens is 1. The first-order valence-electron chi connectivity index (χ1n) is 14.3. The number of nitrogens with two attached hydrogens (primary N) is 2. The molecule has 222 valence electrons. The van der Waals surface area contributed by atoms with Gasteiger partial charge < -0.3 is 40.3 Å². The average Bonchev–Trinajstić information content (AvgIpc) is 3.73. The number of aromatic nitrogens is 4. The fraction of sp³-hybridized carbons (Fsp3) is 0.333. The summed E-state index contributed by atoms with van der Waals surface area (Å²) in [4.78, 5) is 24.2. The molecule has 0 amide bonds. The van der Waals surface area contributed by atoms with Crippen molar-refractivity contribution in [2.45, 2.75) is 12.5 Å². The van der Waals surface area contributed by atoms with E-state index in [9.17, 15) is 0 Å². The summed E-state index contributed by atoms with van der Waals surface area (Å²) in [6, 6.07) is 13.9. The predicted molar refractivity (Wildman–Crippen MR) is 172 cm³/mol. The van der Waals surface area contributed by atoms with Gasteiger partial charge in [0.2, 0.25) is 11.9 Å². The van der Waals surface area contributed by atoms with Gasteiger partial charge in [-0.15, -0.1) is 0 Å². The first kappa shape index (κ1) is 27.4. The maximum atomic E-state index is 6.10. The number of nitrogens with zero attached hydrogens (tertiary/aromatic N) is 7. The minimum atomic E-state index is 0.253. The van der Waals surface area contributed by atoms with Gasteiger partial charge in [0.15, 0.2) is 22.8 Å². The molecule has 2 saturated heterocycles. The van der Waals surface area contributed by atoms with Crippen molar-refractivity contribution in [3.63, 3.8) is 0 Å². The number of para-hydroxylation sites is 1. The monoisotopic (exact) mass is 600 g/mol. The molecular weight excluding hydrogens is 568 g/mol. The largest absolute Gasteiger partial charge is 0.450 e. The van der Waals surface area contributed by atoms with Crippen molar-refractivity contribution < 1.29 is 8.83 Å². The van der Waals surface area contributed by atoms with E-state index in [2.05, 4.69) is 54.0 Å². The standard InChI is InChI=1S/C16H18ClN5O.C14H15N5O/c1-21(2)10-5-6-22(8-10)15-14-13(19-16(18)20-15)11-7-9(17)3-4-12(11)23-14;15-14-17-11-9-3-1-2-4-10(9)20-12(11)13(18-14)19-7-5-16-6-8-19/h3-4,7,10H,5-6,8H2,1-2H3,(H2,18,19,20);1-4,16H,5-8H2,(H2,15,17,18)/t10-;/m1./s1. The smallest absolute Gasteiger partial charge is 0.222 e. The first-order valence-corrected chi connectivity index (χ1v) is 14.7. The molecule has 4 aromatic heterocycles. The van der Waals surface area contributed by atoms with Crippen LogP contribution in [0.5, 0.6) is 0 Å². The van der Waals surface area contributed by atoms with E-state index in [-0.39, 0.29) is 11.9 Å². The Bertz CT molecular complexity index is 1950. The molecule has 2 aliphatic rings. The summed E-state index contributed by atoms with van der Waals surface area (Å²) in [6.45, 7) is 5.48. The van der Waals surface area contributed by atoms with Crippen molar-refractivity contribution in [3.05, 3.63) is 47.5 Å². The molecule has 6 heterocycles. The van der Waals surface area contributed by atoms with Crippen LogP contribution < -0.4 is 26.6 Å². The summed E-state index contributed by atoms with van der Waals surface area (Å²) >= 11 is 6.10. The number of furan rings is 2. The van der Waals surface area contributed by atoms with Crippen molar-refractivity contribution >= 4 is 79.3 Å². The molecular formula is C30H33ClN10O2. The highest BCUT2D eigenvalue weighted by Crippen LogP contribution is 2.36. The fourth-order valence-electron chi connectivity index (χ4n) is 5.87. The quantitative estimate of drug-likeness (QED) is 0.268. The van der Waals surface area contributed by atoms with Gasteiger partial charge in [0.05, 0.1) is 0 Å². The topological polar surface area (TPSA) is 152 Å². The molecule has 0 bridgehead atoms. The molecule has 12 nitrogen and oxygen atoms in total. The number of benzene rings is 2. The maximum absolute atomic E-state index is 6.10. The summed E-state index contributed by atoms with van der Waals surface area (Å²) in [6.07, 6.45) is 1.09. The molecule has 0 aliphatic carbocycles. The van der Waals surface area contributed by atoms with Gasteiger partial charge >= 0.3 is 0 Å². The highest BCUT2D eigenvalue weighted by Gasteiger charge is 2.28. The van der Waals surface area contributed by atoms with Crippen molar-refractivity contribution in [2.24, 2.45) is 0 Å². The maximum Gasteiger partial charge on any atom is 0.222 e. The van der Waals surface area contributed by atoms with E-state index in [0.29, 0.717) is 16.6 Å². The third-order valence-corrected chi connectivity index (χ3v) is 8.34. The van der Waals surface area contributed by atoms with Crippen molar-refractivity contribution in [1.82, 2.24) is 30.2 Å². The molecule has 8 rings (SSSR count). The lowest BCUT2D eigenvalue weighted by atomic mass is 10.2. The third kappa shape index (κ3) is 5.11. The van der Waals surface area contributed by atoms with Crippen molar-refractivity contribution in [3.8, 4) is 0 Å². The number of anilines is 4. The van der Waals surface area contributed by atoms with E-state index < -0.39 is 0 Å². The molecule has 5 N–H and O–H groups in total. The Morgan fingerprint density at radius 1 is 0.814 bits per heavy atom. The predicted octanol–water partition coefficient (Wildman–Crippen LogP) is 4.12. The fourth-order valence-corrected chi connectivity index (χ4v) is 6.04. The molecule has 13 heteroatoms. The highest BCUT2D eigenvalue weighted by atomic mass is 35.5. The van der Waals surface area contributed by atoms with Gasteiger partial charge in [-0.05, 0) is 50.8 Å². The molecule has 0 unspecified atom stereocenters. The van der Waals surface area contributed by atoms with Gasteiger partial charge in [0, 0.05) is 61.1 Å². The zero-order valence-corrected chi connectivity index (χ0v) is 24.8. The van der Waals surface area contributed by atoms with Crippen LogP contribution in [-0.4, -0.2) is 84.2 Å². The number of hydrogen-bond donors (Lipinski definition) is 3. The minimum absolute atomic E-state index is 0.253. The average molecular weight is 601 g/mol. The van der Waals surface area contributed by atoms with Crippen LogP contribution in [0.4, 0.5) is 23.5 Å². The Kier molecular flexibility index (Phi) is 7.04. The lowest BCUT2D eigenvalue weighted by Gasteiger charge is -2.28. The van der Waals surface area contributed by atoms with Crippen molar-refractivity contribution in [1.29, 1.82) is 0 Å². The molecule has 43 heavy (non-hydrogen) atoms. The van der Waals surface area contributed by atoms with Gasteiger partial charge in [0.1, 0.15) is 22.2 Å². The molecule has 1 atom stereocenters. The van der Waals surface area contributed by atoms with E-state index in [0.717, 1.165) is 95.9 Å². The molecule has 2 aromatic carbocycles. The van der Waals surface area contributed by atoms with E-state index in [1.807, 2.05) is 36.4 Å². The number of nitrogens with one attached hydrogen (secondary N) is 1. The summed E-state index contributed by atoms with van der Waals surface area (Å²) in [5, 5.41) is 5.82. The van der Waals surface area contributed by atoms with Gasteiger partial charge in [-0.3, -0.25) is 0 Å². The summed E-state index contributed by atoms with van der Waals surface area (Å²) in [5.74, 6) is 2.11. The van der Waals surface area contributed by atoms with E-state index >= 15 is 0 Å². The van der Waals surface area contributed by atoms with Crippen molar-refractivity contribution in [2.75, 3.05) is 74.6 Å². The Hall–Kier alpha value is -4.39. The second kappa shape index (κ2) is 11.0. The normalized spacial score (nSPS) is 17.4. The molecule has 0 radical (unpaired) electrons. The minimum Gasteiger partial charge on any atom is -0.450 e. The van der Waals surface area contributed by atoms with Gasteiger partial charge in [-0.1, -0.05) is 23.7 Å². The highest BCUT2D eigenvalue weighted by molar-refractivity contribution is 6.31. The molecule has 2 fully saturated rings. The molecule has 6 aromatic rings. The van der Waals surface area contributed by atoms with Gasteiger partial charge in [-0.25, -0.2) is 9.97 Å². The third-order valence-electron chi connectivity index (χ3n) is 8.10. The van der Waals surface area contributed by atoms with Crippen LogP contribution in [-0.2, 0) is 0 Å². The van der Waals surface area contributed by atoms with Crippen LogP contribution >= 0.6 is 11.6 Å². The Balaban J connectivity index is 0.000000141. The van der Waals surface area contributed by atoms with Crippen LogP contribution in [0.2, 0.25) is 5.02 Å². The number of fused-ring (bicyclic) bond motifs is 6.